The van der Waals surface area contributed by atoms with E-state index in [0.717, 1.165) is 22.3 Å². The van der Waals surface area contributed by atoms with Crippen LogP contribution in [0.5, 0.6) is 0 Å². The second-order valence-electron chi connectivity index (χ2n) is 6.88. The van der Waals surface area contributed by atoms with Crippen molar-refractivity contribution in [3.63, 3.8) is 0 Å². The molecule has 0 saturated heterocycles. The van der Waals surface area contributed by atoms with E-state index in [4.69, 9.17) is 11.5 Å². The molecule has 1 aliphatic carbocycles. The summed E-state index contributed by atoms with van der Waals surface area (Å²) in [6.07, 6.45) is 10.8. The summed E-state index contributed by atoms with van der Waals surface area (Å²) in [5.41, 5.74) is 15.7. The average Bonchev–Trinajstić information content (AvgIpc) is 3.16. The summed E-state index contributed by atoms with van der Waals surface area (Å²) < 4.78 is 3.79. The molecular weight excluding hydrogens is 316 g/mol. The fourth-order valence-electron chi connectivity index (χ4n) is 3.56. The smallest absolute Gasteiger partial charge is 0.233 e. The van der Waals surface area contributed by atoms with E-state index >= 15 is 0 Å². The number of imidazole rings is 1. The van der Waals surface area contributed by atoms with Crippen molar-refractivity contribution < 1.29 is 0 Å². The SMILES string of the molecule is Cc1cnc2ncc(-c3ccn4nc(C5(N)CC(N)C5)ncc34)cn12. The fraction of sp³-hybridized carbons (Fsp3) is 0.294. The number of nitrogens with two attached hydrogens (primary N) is 2. The van der Waals surface area contributed by atoms with Gasteiger partial charge in [-0.05, 0) is 25.8 Å². The quantitative estimate of drug-likeness (QED) is 0.566. The van der Waals surface area contributed by atoms with Crippen LogP contribution in [0.1, 0.15) is 24.4 Å². The van der Waals surface area contributed by atoms with Crippen LogP contribution in [0.4, 0.5) is 0 Å². The highest BCUT2D eigenvalue weighted by molar-refractivity contribution is 5.79. The van der Waals surface area contributed by atoms with Crippen LogP contribution in [-0.2, 0) is 5.54 Å². The van der Waals surface area contributed by atoms with Crippen LogP contribution in [0.3, 0.4) is 0 Å². The summed E-state index contributed by atoms with van der Waals surface area (Å²) in [4.78, 5) is 13.2. The molecule has 0 radical (unpaired) electrons. The summed E-state index contributed by atoms with van der Waals surface area (Å²) in [5, 5.41) is 4.60. The maximum Gasteiger partial charge on any atom is 0.233 e. The molecule has 0 bridgehead atoms. The Hall–Kier alpha value is -2.84. The second-order valence-corrected chi connectivity index (χ2v) is 6.88. The maximum absolute atomic E-state index is 6.35. The zero-order chi connectivity index (χ0) is 17.2. The minimum Gasteiger partial charge on any atom is -0.328 e. The molecule has 8 heteroatoms. The van der Waals surface area contributed by atoms with Crippen molar-refractivity contribution in [2.45, 2.75) is 31.3 Å². The fourth-order valence-corrected chi connectivity index (χ4v) is 3.56. The van der Waals surface area contributed by atoms with Crippen LogP contribution >= 0.6 is 0 Å². The van der Waals surface area contributed by atoms with Crippen LogP contribution in [0, 0.1) is 6.92 Å². The highest BCUT2D eigenvalue weighted by Crippen LogP contribution is 2.36. The van der Waals surface area contributed by atoms with Gasteiger partial charge in [0.25, 0.3) is 0 Å². The predicted octanol–water partition coefficient (Wildman–Crippen LogP) is 1.02. The predicted molar refractivity (Wildman–Crippen MR) is 92.8 cm³/mol. The minimum absolute atomic E-state index is 0.140. The molecule has 5 rings (SSSR count). The van der Waals surface area contributed by atoms with E-state index in [2.05, 4.69) is 20.1 Å². The summed E-state index contributed by atoms with van der Waals surface area (Å²) in [5.74, 6) is 1.33. The van der Waals surface area contributed by atoms with E-state index in [0.29, 0.717) is 24.4 Å². The number of rotatable bonds is 2. The third-order valence-electron chi connectivity index (χ3n) is 4.98. The van der Waals surface area contributed by atoms with E-state index in [1.165, 1.54) is 0 Å². The Bertz CT molecular complexity index is 1100. The molecule has 4 heterocycles. The third-order valence-corrected chi connectivity index (χ3v) is 4.98. The van der Waals surface area contributed by atoms with E-state index in [9.17, 15) is 0 Å². The van der Waals surface area contributed by atoms with Gasteiger partial charge in [-0.3, -0.25) is 4.40 Å². The first kappa shape index (κ1) is 14.5. The second kappa shape index (κ2) is 4.84. The van der Waals surface area contributed by atoms with Crippen molar-refractivity contribution in [1.82, 2.24) is 29.0 Å². The molecule has 4 aromatic rings. The molecule has 8 nitrogen and oxygen atoms in total. The summed E-state index contributed by atoms with van der Waals surface area (Å²) >= 11 is 0. The molecule has 1 saturated carbocycles. The Morgan fingerprint density at radius 1 is 1.16 bits per heavy atom. The molecule has 0 spiro atoms. The zero-order valence-corrected chi connectivity index (χ0v) is 13.8. The van der Waals surface area contributed by atoms with E-state index in [1.807, 2.05) is 52.9 Å². The number of aryl methyl sites for hydroxylation is 1. The monoisotopic (exact) mass is 334 g/mol. The van der Waals surface area contributed by atoms with Gasteiger partial charge in [-0.25, -0.2) is 19.5 Å². The van der Waals surface area contributed by atoms with Crippen LogP contribution in [0.15, 0.2) is 37.1 Å². The molecule has 25 heavy (non-hydrogen) atoms. The molecule has 1 aliphatic rings. The van der Waals surface area contributed by atoms with Crippen molar-refractivity contribution >= 4 is 11.3 Å². The number of hydrogen-bond acceptors (Lipinski definition) is 6. The van der Waals surface area contributed by atoms with Crippen molar-refractivity contribution in [3.05, 3.63) is 48.6 Å². The van der Waals surface area contributed by atoms with E-state index < -0.39 is 5.54 Å². The van der Waals surface area contributed by atoms with Crippen LogP contribution < -0.4 is 11.5 Å². The Morgan fingerprint density at radius 3 is 2.76 bits per heavy atom. The first-order valence-corrected chi connectivity index (χ1v) is 8.23. The zero-order valence-electron chi connectivity index (χ0n) is 13.8. The molecular formula is C17H18N8. The van der Waals surface area contributed by atoms with Gasteiger partial charge >= 0.3 is 0 Å². The van der Waals surface area contributed by atoms with Gasteiger partial charge in [0.05, 0.1) is 23.4 Å². The number of fused-ring (bicyclic) bond motifs is 2. The molecule has 0 atom stereocenters. The van der Waals surface area contributed by atoms with Gasteiger partial charge in [-0.15, -0.1) is 0 Å². The van der Waals surface area contributed by atoms with Crippen LogP contribution in [0.25, 0.3) is 22.4 Å². The summed E-state index contributed by atoms with van der Waals surface area (Å²) in [6.45, 7) is 2.00. The van der Waals surface area contributed by atoms with E-state index in [1.54, 1.807) is 0 Å². The van der Waals surface area contributed by atoms with Crippen LogP contribution in [0.2, 0.25) is 0 Å². The molecule has 0 aromatic carbocycles. The van der Waals surface area contributed by atoms with Gasteiger partial charge in [0.15, 0.2) is 5.82 Å². The lowest BCUT2D eigenvalue weighted by molar-refractivity contribution is 0.196. The minimum atomic E-state index is -0.508. The third kappa shape index (κ3) is 2.08. The van der Waals surface area contributed by atoms with Crippen molar-refractivity contribution in [2.24, 2.45) is 11.5 Å². The Balaban J connectivity index is 1.61. The summed E-state index contributed by atoms with van der Waals surface area (Å²) in [7, 11) is 0. The molecule has 0 amide bonds. The number of hydrogen-bond donors (Lipinski definition) is 2. The highest BCUT2D eigenvalue weighted by atomic mass is 15.3. The first-order valence-electron chi connectivity index (χ1n) is 8.23. The average molecular weight is 334 g/mol. The highest BCUT2D eigenvalue weighted by Gasteiger charge is 2.43. The van der Waals surface area contributed by atoms with Gasteiger partial charge in [0.2, 0.25) is 5.78 Å². The van der Waals surface area contributed by atoms with Gasteiger partial charge in [-0.2, -0.15) is 5.10 Å². The largest absolute Gasteiger partial charge is 0.328 e. The normalized spacial score (nSPS) is 23.2. The lowest BCUT2D eigenvalue weighted by atomic mass is 9.73. The molecule has 1 fully saturated rings. The first-order chi connectivity index (χ1) is 12.0. The Kier molecular flexibility index (Phi) is 2.81. The lowest BCUT2D eigenvalue weighted by Crippen LogP contribution is -2.56. The molecule has 0 aliphatic heterocycles. The standard InChI is InChI=1S/C17H18N8/c1-10-6-21-16-22-7-11(9-24(10)16)13-2-3-25-14(13)8-20-15(23-25)17(19)4-12(18)5-17/h2-3,6-9,12H,4-5,18-19H2,1H3. The van der Waals surface area contributed by atoms with Crippen LogP contribution in [-0.4, -0.2) is 35.0 Å². The lowest BCUT2D eigenvalue weighted by Gasteiger charge is -2.41. The van der Waals surface area contributed by atoms with Gasteiger partial charge < -0.3 is 11.5 Å². The Labute approximate surface area is 143 Å². The molecule has 126 valence electrons. The molecule has 0 unspecified atom stereocenters. The van der Waals surface area contributed by atoms with Crippen molar-refractivity contribution in [1.29, 1.82) is 0 Å². The Morgan fingerprint density at radius 2 is 1.96 bits per heavy atom. The molecule has 4 aromatic heterocycles. The van der Waals surface area contributed by atoms with Gasteiger partial charge in [-0.1, -0.05) is 0 Å². The van der Waals surface area contributed by atoms with Crippen molar-refractivity contribution in [3.8, 4) is 11.1 Å². The maximum atomic E-state index is 6.35. The van der Waals surface area contributed by atoms with Gasteiger partial charge in [0.1, 0.15) is 0 Å². The summed E-state index contributed by atoms with van der Waals surface area (Å²) in [6, 6.07) is 2.15. The number of nitrogens with zero attached hydrogens (tertiary/aromatic N) is 6. The van der Waals surface area contributed by atoms with Crippen molar-refractivity contribution in [2.75, 3.05) is 0 Å². The molecule has 4 N–H and O–H groups in total. The van der Waals surface area contributed by atoms with E-state index in [-0.39, 0.29) is 6.04 Å². The van der Waals surface area contributed by atoms with Gasteiger partial charge in [0, 0.05) is 41.5 Å². The number of aromatic nitrogens is 6. The topological polar surface area (TPSA) is 112 Å².